The number of nitrogens with one attached hydrogen (secondary N) is 1. The molecule has 4 rings (SSSR count). The van der Waals surface area contributed by atoms with E-state index in [1.54, 1.807) is 10.7 Å². The molecule has 0 saturated heterocycles. The van der Waals surface area contributed by atoms with Crippen LogP contribution in [0.3, 0.4) is 0 Å². The van der Waals surface area contributed by atoms with Crippen molar-refractivity contribution in [1.82, 2.24) is 19.7 Å². The zero-order chi connectivity index (χ0) is 19.1. The standard InChI is InChI=1S/C20H19N5OS/c1-11-5-7-14(8-6-11)16-10-27-20(22-16)23-19(26)15-9-12(2)21-18-17(15)13(3)24-25(18)4/h5-10H,1-4H3,(H,22,23,26). The molecule has 0 atom stereocenters. The number of hydrogen-bond acceptors (Lipinski definition) is 5. The van der Waals surface area contributed by atoms with Crippen LogP contribution in [0, 0.1) is 20.8 Å². The van der Waals surface area contributed by atoms with E-state index in [1.165, 1.54) is 16.9 Å². The molecular formula is C20H19N5OS. The molecule has 7 heteroatoms. The van der Waals surface area contributed by atoms with Gasteiger partial charge in [0.2, 0.25) is 0 Å². The van der Waals surface area contributed by atoms with Gasteiger partial charge in [-0.1, -0.05) is 29.8 Å². The summed E-state index contributed by atoms with van der Waals surface area (Å²) in [6, 6.07) is 9.96. The van der Waals surface area contributed by atoms with E-state index in [1.807, 2.05) is 45.3 Å². The van der Waals surface area contributed by atoms with Crippen LogP contribution in [0.4, 0.5) is 5.13 Å². The fourth-order valence-corrected chi connectivity index (χ4v) is 3.82. The molecule has 0 unspecified atom stereocenters. The van der Waals surface area contributed by atoms with E-state index in [9.17, 15) is 4.79 Å². The number of carbonyl (C=O) groups excluding carboxylic acids is 1. The largest absolute Gasteiger partial charge is 0.298 e. The minimum atomic E-state index is -0.202. The van der Waals surface area contributed by atoms with Crippen LogP contribution >= 0.6 is 11.3 Å². The van der Waals surface area contributed by atoms with Crippen molar-refractivity contribution in [3.8, 4) is 11.3 Å². The number of thiazole rings is 1. The lowest BCUT2D eigenvalue weighted by atomic mass is 10.1. The molecule has 0 radical (unpaired) electrons. The zero-order valence-corrected chi connectivity index (χ0v) is 16.4. The van der Waals surface area contributed by atoms with Gasteiger partial charge in [-0.3, -0.25) is 14.8 Å². The summed E-state index contributed by atoms with van der Waals surface area (Å²) < 4.78 is 1.70. The first-order valence-corrected chi connectivity index (χ1v) is 9.45. The van der Waals surface area contributed by atoms with Gasteiger partial charge in [0.25, 0.3) is 5.91 Å². The molecule has 0 bridgehead atoms. The van der Waals surface area contributed by atoms with Gasteiger partial charge in [-0.15, -0.1) is 11.3 Å². The lowest BCUT2D eigenvalue weighted by molar-refractivity contribution is 0.102. The summed E-state index contributed by atoms with van der Waals surface area (Å²) >= 11 is 1.41. The molecule has 0 spiro atoms. The van der Waals surface area contributed by atoms with Crippen LogP contribution in [0.2, 0.25) is 0 Å². The molecule has 1 aromatic carbocycles. The third-order valence-electron chi connectivity index (χ3n) is 4.41. The molecule has 0 aliphatic carbocycles. The van der Waals surface area contributed by atoms with Gasteiger partial charge in [0.15, 0.2) is 10.8 Å². The topological polar surface area (TPSA) is 72.7 Å². The first-order chi connectivity index (χ1) is 12.9. The number of aromatic nitrogens is 4. The Hall–Kier alpha value is -3.06. The Morgan fingerprint density at radius 2 is 1.85 bits per heavy atom. The highest BCUT2D eigenvalue weighted by Crippen LogP contribution is 2.27. The van der Waals surface area contributed by atoms with Crippen LogP contribution < -0.4 is 5.32 Å². The second-order valence-corrected chi connectivity index (χ2v) is 7.43. The third kappa shape index (κ3) is 3.21. The Morgan fingerprint density at radius 3 is 2.59 bits per heavy atom. The molecule has 27 heavy (non-hydrogen) atoms. The highest BCUT2D eigenvalue weighted by molar-refractivity contribution is 7.14. The molecule has 1 N–H and O–H groups in total. The first-order valence-electron chi connectivity index (χ1n) is 8.57. The second-order valence-electron chi connectivity index (χ2n) is 6.58. The maximum atomic E-state index is 12.9. The number of anilines is 1. The van der Waals surface area contributed by atoms with Gasteiger partial charge in [0, 0.05) is 23.7 Å². The van der Waals surface area contributed by atoms with E-state index in [0.29, 0.717) is 16.3 Å². The van der Waals surface area contributed by atoms with Crippen LogP contribution in [-0.2, 0) is 7.05 Å². The summed E-state index contributed by atoms with van der Waals surface area (Å²) in [6.07, 6.45) is 0. The summed E-state index contributed by atoms with van der Waals surface area (Å²) in [5.74, 6) is -0.202. The van der Waals surface area contributed by atoms with Gasteiger partial charge in [-0.2, -0.15) is 5.10 Å². The normalized spacial score (nSPS) is 11.1. The van der Waals surface area contributed by atoms with E-state index in [-0.39, 0.29) is 5.91 Å². The van der Waals surface area contributed by atoms with Gasteiger partial charge in [-0.25, -0.2) is 9.97 Å². The maximum absolute atomic E-state index is 12.9. The third-order valence-corrected chi connectivity index (χ3v) is 5.17. The number of pyridine rings is 1. The summed E-state index contributed by atoms with van der Waals surface area (Å²) in [6.45, 7) is 5.81. The summed E-state index contributed by atoms with van der Waals surface area (Å²) in [5.41, 5.74) is 5.91. The van der Waals surface area contributed by atoms with Crippen molar-refractivity contribution in [2.24, 2.45) is 7.05 Å². The Labute approximate surface area is 160 Å². The average molecular weight is 377 g/mol. The molecule has 4 aromatic rings. The van der Waals surface area contributed by atoms with E-state index in [2.05, 4.69) is 32.5 Å². The lowest BCUT2D eigenvalue weighted by Gasteiger charge is -2.05. The van der Waals surface area contributed by atoms with Gasteiger partial charge in [0.05, 0.1) is 22.3 Å². The van der Waals surface area contributed by atoms with Crippen molar-refractivity contribution >= 4 is 33.4 Å². The second kappa shape index (κ2) is 6.59. The predicted molar refractivity (Wildman–Crippen MR) is 108 cm³/mol. The molecule has 136 valence electrons. The van der Waals surface area contributed by atoms with Crippen molar-refractivity contribution in [3.63, 3.8) is 0 Å². The Balaban J connectivity index is 1.65. The smallest absolute Gasteiger partial charge is 0.258 e. The monoisotopic (exact) mass is 377 g/mol. The van der Waals surface area contributed by atoms with Gasteiger partial charge < -0.3 is 0 Å². The van der Waals surface area contributed by atoms with Crippen LogP contribution in [0.15, 0.2) is 35.7 Å². The number of fused-ring (bicyclic) bond motifs is 1. The highest BCUT2D eigenvalue weighted by Gasteiger charge is 2.18. The Kier molecular flexibility index (Phi) is 4.24. The zero-order valence-electron chi connectivity index (χ0n) is 15.6. The molecule has 0 aliphatic heterocycles. The molecule has 3 heterocycles. The van der Waals surface area contributed by atoms with Crippen LogP contribution in [0.25, 0.3) is 22.3 Å². The number of hydrogen-bond donors (Lipinski definition) is 1. The van der Waals surface area contributed by atoms with Crippen LogP contribution in [-0.4, -0.2) is 25.7 Å². The molecule has 0 aliphatic rings. The lowest BCUT2D eigenvalue weighted by Crippen LogP contribution is -2.13. The number of benzene rings is 1. The van der Waals surface area contributed by atoms with Crippen LogP contribution in [0.5, 0.6) is 0 Å². The van der Waals surface area contributed by atoms with Gasteiger partial charge in [-0.05, 0) is 26.8 Å². The van der Waals surface area contributed by atoms with E-state index in [4.69, 9.17) is 0 Å². The highest BCUT2D eigenvalue weighted by atomic mass is 32.1. The first kappa shape index (κ1) is 17.4. The van der Waals surface area contributed by atoms with E-state index >= 15 is 0 Å². The van der Waals surface area contributed by atoms with E-state index < -0.39 is 0 Å². The summed E-state index contributed by atoms with van der Waals surface area (Å²) in [5, 5.41) is 10.6. The Morgan fingerprint density at radius 1 is 1.11 bits per heavy atom. The molecule has 1 amide bonds. The van der Waals surface area contributed by atoms with Gasteiger partial charge >= 0.3 is 0 Å². The summed E-state index contributed by atoms with van der Waals surface area (Å²) in [4.78, 5) is 22.0. The molecule has 0 saturated carbocycles. The van der Waals surface area contributed by atoms with Crippen molar-refractivity contribution < 1.29 is 4.79 Å². The Bertz CT molecular complexity index is 1160. The fraction of sp³-hybridized carbons (Fsp3) is 0.200. The number of aryl methyl sites for hydroxylation is 4. The fourth-order valence-electron chi connectivity index (χ4n) is 3.10. The predicted octanol–water partition coefficient (Wildman–Crippen LogP) is 4.27. The van der Waals surface area contributed by atoms with E-state index in [0.717, 1.165) is 28.0 Å². The summed E-state index contributed by atoms with van der Waals surface area (Å²) in [7, 11) is 1.83. The number of carbonyl (C=O) groups is 1. The van der Waals surface area contributed by atoms with Crippen molar-refractivity contribution in [2.75, 3.05) is 5.32 Å². The van der Waals surface area contributed by atoms with Crippen molar-refractivity contribution in [1.29, 1.82) is 0 Å². The van der Waals surface area contributed by atoms with Crippen LogP contribution in [0.1, 0.15) is 27.3 Å². The SMILES string of the molecule is Cc1ccc(-c2csc(NC(=O)c3cc(C)nc4c3c(C)nn4C)n2)cc1. The quantitative estimate of drug-likeness (QED) is 0.579. The molecule has 6 nitrogen and oxygen atoms in total. The number of rotatable bonds is 3. The van der Waals surface area contributed by atoms with Gasteiger partial charge in [0.1, 0.15) is 0 Å². The molecule has 3 aromatic heterocycles. The minimum Gasteiger partial charge on any atom is -0.298 e. The average Bonchev–Trinajstić information content (AvgIpc) is 3.20. The van der Waals surface area contributed by atoms with Crippen molar-refractivity contribution in [3.05, 3.63) is 58.2 Å². The molecular weight excluding hydrogens is 358 g/mol. The maximum Gasteiger partial charge on any atom is 0.258 e. The number of nitrogens with zero attached hydrogens (tertiary/aromatic N) is 4. The number of amides is 1. The molecule has 0 fully saturated rings. The minimum absolute atomic E-state index is 0.202. The van der Waals surface area contributed by atoms with Crippen molar-refractivity contribution in [2.45, 2.75) is 20.8 Å².